The summed E-state index contributed by atoms with van der Waals surface area (Å²) >= 11 is 10.7. The zero-order valence-electron chi connectivity index (χ0n) is 6.16. The second-order valence-corrected chi connectivity index (χ2v) is 2.74. The maximum absolute atomic E-state index is 10.7. The van der Waals surface area contributed by atoms with Crippen molar-refractivity contribution in [2.75, 3.05) is 0 Å². The van der Waals surface area contributed by atoms with Crippen molar-refractivity contribution in [1.82, 2.24) is 0 Å². The molecule has 0 rings (SSSR count). The van der Waals surface area contributed by atoms with E-state index in [1.165, 1.54) is 6.08 Å². The molecule has 0 aromatic carbocycles. The predicted octanol–water partition coefficient (Wildman–Crippen LogP) is 3.01. The smallest absolute Gasteiger partial charge is 0.254 e. The minimum Gasteiger partial charge on any atom is -0.276 e. The van der Waals surface area contributed by atoms with Gasteiger partial charge in [0.15, 0.2) is 0 Å². The van der Waals surface area contributed by atoms with Crippen molar-refractivity contribution >= 4 is 28.4 Å². The lowest BCUT2D eigenvalue weighted by Crippen LogP contribution is -1.95. The highest BCUT2D eigenvalue weighted by molar-refractivity contribution is 6.69. The van der Waals surface area contributed by atoms with Crippen LogP contribution in [0.4, 0.5) is 0 Å². The van der Waals surface area contributed by atoms with E-state index in [1.54, 1.807) is 6.92 Å². The number of halogens is 2. The lowest BCUT2D eigenvalue weighted by Gasteiger charge is -2.00. The monoisotopic (exact) mass is 190 g/mol. The summed E-state index contributed by atoms with van der Waals surface area (Å²) in [7, 11) is 0. The Morgan fingerprint density at radius 3 is 2.00 bits per heavy atom. The van der Waals surface area contributed by atoms with Gasteiger partial charge in [0, 0.05) is 5.03 Å². The maximum Gasteiger partial charge on any atom is 0.254 e. The van der Waals surface area contributed by atoms with Gasteiger partial charge >= 0.3 is 0 Å². The van der Waals surface area contributed by atoms with E-state index < -0.39 is 5.24 Å². The molecule has 0 heterocycles. The molecule has 0 aliphatic rings. The first-order valence-corrected chi connectivity index (χ1v) is 3.64. The van der Waals surface area contributed by atoms with Crippen molar-refractivity contribution in [3.63, 3.8) is 0 Å². The van der Waals surface area contributed by atoms with Gasteiger partial charge in [0.1, 0.15) is 0 Å². The normalized spacial score (nSPS) is 11.9. The first kappa shape index (κ1) is 10.5. The predicted molar refractivity (Wildman–Crippen MR) is 48.8 cm³/mol. The first-order valence-electron chi connectivity index (χ1n) is 2.88. The Morgan fingerprint density at radius 1 is 1.45 bits per heavy atom. The van der Waals surface area contributed by atoms with Crippen LogP contribution >= 0.6 is 23.2 Å². The van der Waals surface area contributed by atoms with Crippen molar-refractivity contribution in [3.05, 3.63) is 35.4 Å². The van der Waals surface area contributed by atoms with Crippen LogP contribution in [0.2, 0.25) is 0 Å². The zero-order valence-corrected chi connectivity index (χ0v) is 7.67. The van der Waals surface area contributed by atoms with Crippen LogP contribution < -0.4 is 0 Å². The van der Waals surface area contributed by atoms with Crippen LogP contribution in [0.5, 0.6) is 0 Å². The number of hydrogen-bond donors (Lipinski definition) is 0. The summed E-state index contributed by atoms with van der Waals surface area (Å²) < 4.78 is 0. The average Bonchev–Trinajstić information content (AvgIpc) is 1.85. The van der Waals surface area contributed by atoms with Gasteiger partial charge in [0.25, 0.3) is 5.24 Å². The third kappa shape index (κ3) is 2.91. The summed E-state index contributed by atoms with van der Waals surface area (Å²) in [6.45, 7) is 8.57. The fourth-order valence-corrected chi connectivity index (χ4v) is 1.12. The maximum atomic E-state index is 10.7. The fraction of sp³-hybridized carbons (Fsp3) is 0.125. The van der Waals surface area contributed by atoms with Crippen LogP contribution in [0.25, 0.3) is 0 Å². The van der Waals surface area contributed by atoms with Gasteiger partial charge in [-0.3, -0.25) is 4.79 Å². The molecule has 0 aromatic heterocycles. The van der Waals surface area contributed by atoms with Crippen molar-refractivity contribution in [2.45, 2.75) is 6.92 Å². The summed E-state index contributed by atoms with van der Waals surface area (Å²) in [5, 5.41) is -0.468. The quantitative estimate of drug-likeness (QED) is 0.380. The number of carbonyl (C=O) groups is 1. The summed E-state index contributed by atoms with van der Waals surface area (Å²) in [6, 6.07) is 0. The standard InChI is InChI=1S/C8H8Cl2O/c1-4-5(2)7(6(3)9)8(10)11/h4H,1,3H2,2H3/b7-5+. The first-order chi connectivity index (χ1) is 5.00. The van der Waals surface area contributed by atoms with E-state index in [0.29, 0.717) is 5.57 Å². The van der Waals surface area contributed by atoms with Crippen LogP contribution in [0.15, 0.2) is 35.4 Å². The second-order valence-electron chi connectivity index (χ2n) is 1.94. The Hall–Kier alpha value is -0.530. The fourth-order valence-electron chi connectivity index (χ4n) is 0.578. The van der Waals surface area contributed by atoms with Crippen molar-refractivity contribution < 1.29 is 4.79 Å². The molecule has 60 valence electrons. The Morgan fingerprint density at radius 2 is 1.91 bits per heavy atom. The molecule has 1 nitrogen and oxygen atoms in total. The van der Waals surface area contributed by atoms with Gasteiger partial charge in [-0.15, -0.1) is 0 Å². The summed E-state index contributed by atoms with van der Waals surface area (Å²) in [5.74, 6) is 0. The molecule has 0 aliphatic carbocycles. The van der Waals surface area contributed by atoms with Crippen molar-refractivity contribution in [1.29, 1.82) is 0 Å². The number of carbonyl (C=O) groups excluding carboxylic acids is 1. The molecule has 0 atom stereocenters. The summed E-state index contributed by atoms with van der Waals surface area (Å²) in [5.41, 5.74) is 0.855. The van der Waals surface area contributed by atoms with Gasteiger partial charge < -0.3 is 0 Å². The molecular formula is C8H8Cl2O. The van der Waals surface area contributed by atoms with Crippen LogP contribution in [0, 0.1) is 0 Å². The van der Waals surface area contributed by atoms with E-state index in [4.69, 9.17) is 23.2 Å². The van der Waals surface area contributed by atoms with Gasteiger partial charge in [-0.05, 0) is 24.1 Å². The van der Waals surface area contributed by atoms with Crippen LogP contribution in [-0.2, 0) is 4.79 Å². The molecule has 3 heteroatoms. The Labute approximate surface area is 76.0 Å². The molecule has 0 unspecified atom stereocenters. The van der Waals surface area contributed by atoms with E-state index in [-0.39, 0.29) is 10.6 Å². The zero-order chi connectivity index (χ0) is 9.02. The van der Waals surface area contributed by atoms with Gasteiger partial charge in [-0.2, -0.15) is 0 Å². The second kappa shape index (κ2) is 4.37. The summed E-state index contributed by atoms with van der Waals surface area (Å²) in [6.07, 6.45) is 1.50. The molecule has 0 radical (unpaired) electrons. The minimum absolute atomic E-state index is 0.141. The Bertz CT molecular complexity index is 222. The number of allylic oxidation sites excluding steroid dienone is 4. The summed E-state index contributed by atoms with van der Waals surface area (Å²) in [4.78, 5) is 10.7. The van der Waals surface area contributed by atoms with E-state index in [2.05, 4.69) is 13.2 Å². The largest absolute Gasteiger partial charge is 0.276 e. The molecule has 0 aliphatic heterocycles. The molecule has 0 bridgehead atoms. The molecular weight excluding hydrogens is 183 g/mol. The van der Waals surface area contributed by atoms with E-state index in [1.807, 2.05) is 0 Å². The van der Waals surface area contributed by atoms with E-state index in [9.17, 15) is 4.79 Å². The average molecular weight is 191 g/mol. The topological polar surface area (TPSA) is 17.1 Å². The van der Waals surface area contributed by atoms with Gasteiger partial charge in [0.2, 0.25) is 0 Å². The highest BCUT2D eigenvalue weighted by Crippen LogP contribution is 2.19. The van der Waals surface area contributed by atoms with Crippen molar-refractivity contribution in [3.8, 4) is 0 Å². The van der Waals surface area contributed by atoms with Gasteiger partial charge in [-0.1, -0.05) is 30.8 Å². The number of hydrogen-bond acceptors (Lipinski definition) is 1. The van der Waals surface area contributed by atoms with Gasteiger partial charge in [0.05, 0.1) is 5.57 Å². The van der Waals surface area contributed by atoms with Crippen LogP contribution in [0.3, 0.4) is 0 Å². The molecule has 0 aromatic rings. The van der Waals surface area contributed by atoms with Crippen LogP contribution in [0.1, 0.15) is 6.92 Å². The third-order valence-corrected chi connectivity index (χ3v) is 1.55. The van der Waals surface area contributed by atoms with Crippen molar-refractivity contribution in [2.24, 2.45) is 0 Å². The lowest BCUT2D eigenvalue weighted by molar-refractivity contribution is -0.108. The Kier molecular flexibility index (Phi) is 4.16. The molecule has 0 amide bonds. The van der Waals surface area contributed by atoms with Crippen LogP contribution in [-0.4, -0.2) is 5.24 Å². The minimum atomic E-state index is -0.609. The molecule has 0 saturated carbocycles. The highest BCUT2D eigenvalue weighted by atomic mass is 35.5. The molecule has 0 N–H and O–H groups in total. The van der Waals surface area contributed by atoms with E-state index >= 15 is 0 Å². The molecule has 0 saturated heterocycles. The third-order valence-electron chi connectivity index (χ3n) is 1.17. The SMILES string of the molecule is C=C/C(C)=C(\C(=C)Cl)C(=O)Cl. The highest BCUT2D eigenvalue weighted by Gasteiger charge is 2.10. The number of rotatable bonds is 3. The molecule has 11 heavy (non-hydrogen) atoms. The van der Waals surface area contributed by atoms with E-state index in [0.717, 1.165) is 0 Å². The van der Waals surface area contributed by atoms with Gasteiger partial charge in [-0.25, -0.2) is 0 Å². The Balaban J connectivity index is 5.04. The molecule has 0 fully saturated rings. The lowest BCUT2D eigenvalue weighted by atomic mass is 10.1. The molecule has 0 spiro atoms.